The highest BCUT2D eigenvalue weighted by atomic mass is 35.5. The molecule has 0 radical (unpaired) electrons. The number of rotatable bonds is 1. The second-order valence-electron chi connectivity index (χ2n) is 11.6. The topological polar surface area (TPSA) is 58.6 Å². The van der Waals surface area contributed by atoms with Crippen molar-refractivity contribution < 1.29 is 9.53 Å². The number of halogens is 2. The molecule has 1 spiro atoms. The SMILES string of the molecule is CC(C)(C)OC(=O)N1C2CCC1CN(c1nc(Cl)nc3c1CCC1(CCc4c(Cl)cccc41)C3)C2. The summed E-state index contributed by atoms with van der Waals surface area (Å²) < 4.78 is 5.71. The van der Waals surface area contributed by atoms with Gasteiger partial charge in [-0.05, 0) is 94.5 Å². The van der Waals surface area contributed by atoms with E-state index in [2.05, 4.69) is 17.0 Å². The molecule has 2 saturated heterocycles. The van der Waals surface area contributed by atoms with Crippen LogP contribution >= 0.6 is 23.2 Å². The predicted molar refractivity (Wildman–Crippen MR) is 138 cm³/mol. The first-order valence-electron chi connectivity index (χ1n) is 12.7. The van der Waals surface area contributed by atoms with Crippen molar-refractivity contribution in [1.29, 1.82) is 0 Å². The Morgan fingerprint density at radius 1 is 1.06 bits per heavy atom. The van der Waals surface area contributed by atoms with Gasteiger partial charge in [0, 0.05) is 29.1 Å². The van der Waals surface area contributed by atoms with E-state index in [4.69, 9.17) is 37.9 Å². The molecule has 0 saturated carbocycles. The average Bonchev–Trinajstić information content (AvgIpc) is 3.27. The quantitative estimate of drug-likeness (QED) is 0.453. The highest BCUT2D eigenvalue weighted by Gasteiger charge is 2.47. The summed E-state index contributed by atoms with van der Waals surface area (Å²) in [7, 11) is 0. The number of hydrogen-bond donors (Lipinski definition) is 0. The lowest BCUT2D eigenvalue weighted by Gasteiger charge is -2.43. The van der Waals surface area contributed by atoms with E-state index in [0.29, 0.717) is 5.28 Å². The molecule has 1 amide bonds. The summed E-state index contributed by atoms with van der Waals surface area (Å²) in [5.74, 6) is 0.958. The van der Waals surface area contributed by atoms with Crippen molar-refractivity contribution in [3.8, 4) is 0 Å². The van der Waals surface area contributed by atoms with Crippen LogP contribution < -0.4 is 4.90 Å². The molecular weight excluding hydrogens is 483 g/mol. The third-order valence-corrected chi connectivity index (χ3v) is 8.86. The minimum absolute atomic E-state index is 0.0800. The number of piperazine rings is 1. The van der Waals surface area contributed by atoms with E-state index < -0.39 is 5.60 Å². The van der Waals surface area contributed by atoms with Crippen LogP contribution in [0.25, 0.3) is 0 Å². The molecule has 3 unspecified atom stereocenters. The molecule has 3 atom stereocenters. The molecule has 1 aromatic heterocycles. The molecule has 2 aromatic rings. The zero-order valence-corrected chi connectivity index (χ0v) is 22.1. The van der Waals surface area contributed by atoms with Gasteiger partial charge in [0.05, 0.1) is 17.8 Å². The molecule has 6 rings (SSSR count). The summed E-state index contributed by atoms with van der Waals surface area (Å²) in [5, 5.41) is 1.19. The van der Waals surface area contributed by atoms with Gasteiger partial charge in [0.2, 0.25) is 5.28 Å². The Balaban J connectivity index is 1.28. The van der Waals surface area contributed by atoms with Crippen LogP contribution in [0.3, 0.4) is 0 Å². The summed E-state index contributed by atoms with van der Waals surface area (Å²) in [6.45, 7) is 7.25. The third-order valence-electron chi connectivity index (χ3n) is 8.33. The number of benzene rings is 1. The Morgan fingerprint density at radius 2 is 1.74 bits per heavy atom. The van der Waals surface area contributed by atoms with Crippen molar-refractivity contribution >= 4 is 35.1 Å². The Morgan fingerprint density at radius 3 is 2.43 bits per heavy atom. The van der Waals surface area contributed by atoms with Gasteiger partial charge in [0.1, 0.15) is 11.4 Å². The third kappa shape index (κ3) is 3.97. The van der Waals surface area contributed by atoms with Gasteiger partial charge in [0.25, 0.3) is 0 Å². The smallest absolute Gasteiger partial charge is 0.410 e. The molecule has 2 bridgehead atoms. The maximum Gasteiger partial charge on any atom is 0.410 e. The van der Waals surface area contributed by atoms with E-state index >= 15 is 0 Å². The zero-order valence-electron chi connectivity index (χ0n) is 20.6. The largest absolute Gasteiger partial charge is 0.444 e. The predicted octanol–water partition coefficient (Wildman–Crippen LogP) is 5.74. The van der Waals surface area contributed by atoms with Crippen LogP contribution in [0, 0.1) is 0 Å². The van der Waals surface area contributed by atoms with E-state index in [1.54, 1.807) is 0 Å². The molecular formula is C27H32Cl2N4O2. The fraction of sp³-hybridized carbons (Fsp3) is 0.593. The Labute approximate surface area is 217 Å². The van der Waals surface area contributed by atoms with Gasteiger partial charge in [0.15, 0.2) is 0 Å². The first-order chi connectivity index (χ1) is 16.6. The Bertz CT molecular complexity index is 1180. The summed E-state index contributed by atoms with van der Waals surface area (Å²) in [4.78, 5) is 26.7. The van der Waals surface area contributed by atoms with E-state index in [1.165, 1.54) is 16.7 Å². The fourth-order valence-corrected chi connectivity index (χ4v) is 7.32. The number of carbonyl (C=O) groups excluding carboxylic acids is 1. The lowest BCUT2D eigenvalue weighted by Crippen LogP contribution is -2.57. The van der Waals surface area contributed by atoms with Crippen LogP contribution in [0.5, 0.6) is 0 Å². The van der Waals surface area contributed by atoms with Crippen molar-refractivity contribution in [3.05, 3.63) is 50.9 Å². The minimum atomic E-state index is -0.494. The molecule has 6 nitrogen and oxygen atoms in total. The average molecular weight is 515 g/mol. The first kappa shape index (κ1) is 23.4. The molecule has 0 N–H and O–H groups in total. The fourth-order valence-electron chi connectivity index (χ4n) is 6.87. The van der Waals surface area contributed by atoms with E-state index in [9.17, 15) is 4.79 Å². The summed E-state index contributed by atoms with van der Waals surface area (Å²) >= 11 is 13.0. The van der Waals surface area contributed by atoms with Gasteiger partial charge in [-0.3, -0.25) is 4.90 Å². The van der Waals surface area contributed by atoms with Crippen LogP contribution in [0.2, 0.25) is 10.3 Å². The van der Waals surface area contributed by atoms with Crippen molar-refractivity contribution in [3.63, 3.8) is 0 Å². The van der Waals surface area contributed by atoms with Crippen LogP contribution in [0.1, 0.15) is 68.8 Å². The van der Waals surface area contributed by atoms with Crippen molar-refractivity contribution in [2.45, 2.75) is 88.8 Å². The zero-order chi connectivity index (χ0) is 24.5. The molecule has 186 valence electrons. The van der Waals surface area contributed by atoms with Crippen molar-refractivity contribution in [2.75, 3.05) is 18.0 Å². The number of amides is 1. The lowest BCUT2D eigenvalue weighted by molar-refractivity contribution is 0.0122. The highest BCUT2D eigenvalue weighted by Crippen LogP contribution is 2.50. The normalized spacial score (nSPS) is 27.2. The Hall–Kier alpha value is -2.05. The Kier molecular flexibility index (Phi) is 5.50. The van der Waals surface area contributed by atoms with Crippen LogP contribution in [-0.2, 0) is 29.4 Å². The van der Waals surface area contributed by atoms with Gasteiger partial charge in [-0.15, -0.1) is 0 Å². The second-order valence-corrected chi connectivity index (χ2v) is 12.4. The number of anilines is 1. The first-order valence-corrected chi connectivity index (χ1v) is 13.5. The molecule has 8 heteroatoms. The maximum atomic E-state index is 12.9. The summed E-state index contributed by atoms with van der Waals surface area (Å²) in [6, 6.07) is 6.58. The molecule has 2 fully saturated rings. The van der Waals surface area contributed by atoms with Gasteiger partial charge in [-0.25, -0.2) is 14.8 Å². The van der Waals surface area contributed by atoms with Crippen LogP contribution in [0.15, 0.2) is 18.2 Å². The number of nitrogens with zero attached hydrogens (tertiary/aromatic N) is 4. The van der Waals surface area contributed by atoms with E-state index in [1.807, 2.05) is 31.7 Å². The van der Waals surface area contributed by atoms with Crippen molar-refractivity contribution in [1.82, 2.24) is 14.9 Å². The van der Waals surface area contributed by atoms with Crippen LogP contribution in [-0.4, -0.2) is 51.7 Å². The monoisotopic (exact) mass is 514 g/mol. The number of aromatic nitrogens is 2. The number of hydrogen-bond acceptors (Lipinski definition) is 5. The van der Waals surface area contributed by atoms with Gasteiger partial charge in [-0.2, -0.15) is 0 Å². The maximum absolute atomic E-state index is 12.9. The van der Waals surface area contributed by atoms with Gasteiger partial charge >= 0.3 is 6.09 Å². The van der Waals surface area contributed by atoms with E-state index in [0.717, 1.165) is 74.6 Å². The molecule has 3 heterocycles. The molecule has 4 aliphatic rings. The molecule has 35 heavy (non-hydrogen) atoms. The molecule has 2 aliphatic heterocycles. The van der Waals surface area contributed by atoms with Gasteiger partial charge in [-0.1, -0.05) is 23.7 Å². The summed E-state index contributed by atoms with van der Waals surface area (Å²) in [6.07, 6.45) is 6.76. The molecule has 2 aliphatic carbocycles. The number of carbonyl (C=O) groups is 1. The number of fused-ring (bicyclic) bond motifs is 5. The van der Waals surface area contributed by atoms with Crippen molar-refractivity contribution in [2.24, 2.45) is 0 Å². The second kappa shape index (κ2) is 8.24. The lowest BCUT2D eigenvalue weighted by atomic mass is 9.69. The van der Waals surface area contributed by atoms with E-state index in [-0.39, 0.29) is 23.6 Å². The highest BCUT2D eigenvalue weighted by molar-refractivity contribution is 6.31. The minimum Gasteiger partial charge on any atom is -0.444 e. The standard InChI is InChI=1S/C27H32Cl2N4O2/c1-26(2,3)35-25(34)33-16-7-8-17(33)15-32(14-16)23-19-10-12-27(13-22(19)30-24(29)31-23)11-9-18-20(27)5-4-6-21(18)28/h4-6,16-17H,7-15H2,1-3H3. The molecule has 1 aromatic carbocycles. The van der Waals surface area contributed by atoms with Gasteiger partial charge < -0.3 is 9.64 Å². The van der Waals surface area contributed by atoms with Crippen LogP contribution in [0.4, 0.5) is 10.6 Å². The number of ether oxygens (including phenoxy) is 1. The summed E-state index contributed by atoms with van der Waals surface area (Å²) in [5.41, 5.74) is 4.56.